The fraction of sp³-hybridized carbons (Fsp3) is 0.375. The second-order valence-electron chi connectivity index (χ2n) is 17.0. The molecule has 0 unspecified atom stereocenters. The van der Waals surface area contributed by atoms with Gasteiger partial charge in [-0.3, -0.25) is 19.4 Å². The van der Waals surface area contributed by atoms with Crippen molar-refractivity contribution in [3.8, 4) is 23.6 Å². The van der Waals surface area contributed by atoms with Gasteiger partial charge in [0, 0.05) is 51.1 Å². The van der Waals surface area contributed by atoms with Gasteiger partial charge in [0.15, 0.2) is 0 Å². The van der Waals surface area contributed by atoms with E-state index in [0.29, 0.717) is 74.4 Å². The van der Waals surface area contributed by atoms with Crippen molar-refractivity contribution in [2.45, 2.75) is 75.5 Å². The van der Waals surface area contributed by atoms with Crippen LogP contribution < -0.4 is 29.9 Å². The fourth-order valence-electron chi connectivity index (χ4n) is 9.65. The zero-order valence-corrected chi connectivity index (χ0v) is 34.9. The number of likely N-dealkylation sites (tertiary alicyclic amines) is 2. The number of imide groups is 2. The Labute approximate surface area is 360 Å². The van der Waals surface area contributed by atoms with Crippen molar-refractivity contribution in [1.82, 2.24) is 20.4 Å². The third-order valence-corrected chi connectivity index (χ3v) is 13.6. The van der Waals surface area contributed by atoms with E-state index in [2.05, 4.69) is 70.7 Å². The van der Waals surface area contributed by atoms with Gasteiger partial charge in [-0.05, 0) is 122 Å². The second-order valence-corrected chi connectivity index (χ2v) is 17.0. The van der Waals surface area contributed by atoms with E-state index in [-0.39, 0.29) is 23.9 Å². The summed E-state index contributed by atoms with van der Waals surface area (Å²) in [5.74, 6) is 1.55. The average molecular weight is 833 g/mol. The Kier molecular flexibility index (Phi) is 10.7. The van der Waals surface area contributed by atoms with Gasteiger partial charge in [-0.1, -0.05) is 24.3 Å². The number of anilines is 2. The molecule has 2 atom stereocenters. The van der Waals surface area contributed by atoms with Gasteiger partial charge in [0.2, 0.25) is 0 Å². The third kappa shape index (κ3) is 7.29. The molecule has 14 nitrogen and oxygen atoms in total. The largest absolute Gasteiger partial charge is 0.493 e. The first-order chi connectivity index (χ1) is 30.0. The molecule has 14 heteroatoms. The summed E-state index contributed by atoms with van der Waals surface area (Å²) in [4.78, 5) is 59.0. The Morgan fingerprint density at radius 1 is 0.565 bits per heavy atom. The SMILES string of the molecule is C[C@@H](c1ccc2c(c1)OCC2)N1CCC2(CC1)NC(=O)N(c1ccc(C#N)cc1)C2=O.C[C@H](c1ccc2c(c1)OCC2)N1CCC2(CC1)NC(=O)N(c1ccc(C#N)cc1)C2=O. The van der Waals surface area contributed by atoms with Crippen LogP contribution in [0.5, 0.6) is 11.5 Å². The Bertz CT molecular complexity index is 2340. The Balaban J connectivity index is 0.000000158. The number of nitriles is 2. The van der Waals surface area contributed by atoms with Gasteiger partial charge in [0.05, 0.1) is 47.9 Å². The van der Waals surface area contributed by atoms with E-state index in [4.69, 9.17) is 20.0 Å². The van der Waals surface area contributed by atoms with Crippen molar-refractivity contribution >= 4 is 35.3 Å². The standard InChI is InChI=1S/2C24H24N4O3/c2*1-16(19-5-4-18-8-13-31-21(18)14-19)27-11-9-24(10-12-27)22(29)28(23(30)26-24)20-6-2-17(15-25)3-7-20/h2*2-7,14,16H,8-13H2,1H3,(H,26,30)/t2*16-/m10/s1. The molecule has 0 radical (unpaired) electrons. The van der Waals surface area contributed by atoms with Crippen LogP contribution in [-0.4, -0.2) is 84.1 Å². The van der Waals surface area contributed by atoms with Crippen LogP contribution in [0.2, 0.25) is 0 Å². The summed E-state index contributed by atoms with van der Waals surface area (Å²) in [6, 6.07) is 29.6. The van der Waals surface area contributed by atoms with Crippen molar-refractivity contribution in [2.75, 3.05) is 49.2 Å². The average Bonchev–Trinajstić information content (AvgIpc) is 4.08. The highest BCUT2D eigenvalue weighted by atomic mass is 16.5. The highest BCUT2D eigenvalue weighted by Crippen LogP contribution is 2.39. The number of hydrogen-bond donors (Lipinski definition) is 2. The highest BCUT2D eigenvalue weighted by molar-refractivity contribution is 6.24. The van der Waals surface area contributed by atoms with Gasteiger partial charge in [-0.15, -0.1) is 0 Å². The molecule has 0 aromatic heterocycles. The quantitative estimate of drug-likeness (QED) is 0.211. The molecule has 0 bridgehead atoms. The van der Waals surface area contributed by atoms with Crippen LogP contribution in [0, 0.1) is 22.7 Å². The Morgan fingerprint density at radius 3 is 1.29 bits per heavy atom. The Hall–Kier alpha value is -6.74. The first-order valence-electron chi connectivity index (χ1n) is 21.3. The maximum absolute atomic E-state index is 13.3. The minimum atomic E-state index is -0.859. The zero-order chi connectivity index (χ0) is 43.2. The zero-order valence-electron chi connectivity index (χ0n) is 34.9. The molecule has 4 saturated heterocycles. The van der Waals surface area contributed by atoms with Crippen LogP contribution in [0.15, 0.2) is 84.9 Å². The number of piperidine rings is 2. The number of ether oxygens (including phenoxy) is 2. The van der Waals surface area contributed by atoms with Gasteiger partial charge in [0.1, 0.15) is 22.6 Å². The number of nitrogens with zero attached hydrogens (tertiary/aromatic N) is 6. The summed E-state index contributed by atoms with van der Waals surface area (Å²) in [7, 11) is 0. The van der Waals surface area contributed by atoms with Crippen LogP contribution in [0.25, 0.3) is 0 Å². The molecule has 10 rings (SSSR count). The second kappa shape index (κ2) is 16.3. The highest BCUT2D eigenvalue weighted by Gasteiger charge is 2.54. The molecular formula is C48H48N8O6. The van der Waals surface area contributed by atoms with Crippen molar-refractivity contribution in [1.29, 1.82) is 10.5 Å². The number of nitrogens with one attached hydrogen (secondary N) is 2. The summed E-state index contributed by atoms with van der Waals surface area (Å²) >= 11 is 0. The predicted octanol–water partition coefficient (Wildman–Crippen LogP) is 6.29. The molecule has 4 aromatic rings. The van der Waals surface area contributed by atoms with Crippen LogP contribution in [0.3, 0.4) is 0 Å². The van der Waals surface area contributed by atoms with E-state index in [1.807, 2.05) is 12.1 Å². The number of carbonyl (C=O) groups is 4. The van der Waals surface area contributed by atoms with Crippen LogP contribution in [0.4, 0.5) is 21.0 Å². The summed E-state index contributed by atoms with van der Waals surface area (Å²) in [6.07, 6.45) is 4.19. The molecule has 6 aliphatic heterocycles. The van der Waals surface area contributed by atoms with Crippen LogP contribution in [-0.2, 0) is 22.4 Å². The fourth-order valence-corrected chi connectivity index (χ4v) is 9.65. The van der Waals surface area contributed by atoms with E-state index >= 15 is 0 Å². The number of hydrogen-bond acceptors (Lipinski definition) is 10. The number of rotatable bonds is 6. The van der Waals surface area contributed by atoms with E-state index in [9.17, 15) is 19.2 Å². The first kappa shape index (κ1) is 40.7. The molecule has 4 fully saturated rings. The number of fused-ring (bicyclic) bond motifs is 2. The summed E-state index contributed by atoms with van der Waals surface area (Å²) in [5, 5.41) is 23.9. The molecule has 0 aliphatic carbocycles. The number of urea groups is 2. The maximum Gasteiger partial charge on any atom is 0.329 e. The molecule has 2 N–H and O–H groups in total. The topological polar surface area (TPSA) is 171 Å². The van der Waals surface area contributed by atoms with E-state index in [0.717, 1.165) is 37.6 Å². The van der Waals surface area contributed by atoms with E-state index in [1.165, 1.54) is 32.1 Å². The molecule has 316 valence electrons. The first-order valence-corrected chi connectivity index (χ1v) is 21.3. The summed E-state index contributed by atoms with van der Waals surface area (Å²) in [6.45, 7) is 8.70. The van der Waals surface area contributed by atoms with Crippen LogP contribution >= 0.6 is 0 Å². The summed E-state index contributed by atoms with van der Waals surface area (Å²) < 4.78 is 11.4. The number of benzene rings is 4. The normalized spacial score (nSPS) is 20.8. The van der Waals surface area contributed by atoms with E-state index in [1.54, 1.807) is 48.5 Å². The number of carbonyl (C=O) groups excluding carboxylic acids is 4. The van der Waals surface area contributed by atoms with E-state index < -0.39 is 23.1 Å². The molecule has 6 amide bonds. The van der Waals surface area contributed by atoms with Crippen LogP contribution in [0.1, 0.15) is 85.0 Å². The molecule has 6 aliphatic rings. The van der Waals surface area contributed by atoms with Gasteiger partial charge in [-0.25, -0.2) is 19.4 Å². The molecule has 62 heavy (non-hydrogen) atoms. The lowest BCUT2D eigenvalue weighted by Gasteiger charge is -2.40. The van der Waals surface area contributed by atoms with Crippen molar-refractivity contribution in [3.63, 3.8) is 0 Å². The predicted molar refractivity (Wildman–Crippen MR) is 230 cm³/mol. The maximum atomic E-state index is 13.3. The lowest BCUT2D eigenvalue weighted by atomic mass is 9.86. The lowest BCUT2D eigenvalue weighted by Crippen LogP contribution is -2.55. The smallest absolute Gasteiger partial charge is 0.329 e. The van der Waals surface area contributed by atoms with Gasteiger partial charge in [0.25, 0.3) is 11.8 Å². The lowest BCUT2D eigenvalue weighted by molar-refractivity contribution is -0.124. The molecule has 4 aromatic carbocycles. The molecular weight excluding hydrogens is 785 g/mol. The van der Waals surface area contributed by atoms with Crippen molar-refractivity contribution < 1.29 is 28.7 Å². The third-order valence-electron chi connectivity index (χ3n) is 13.6. The van der Waals surface area contributed by atoms with Gasteiger partial charge in [-0.2, -0.15) is 10.5 Å². The summed E-state index contributed by atoms with van der Waals surface area (Å²) in [5.41, 5.74) is 5.18. The van der Waals surface area contributed by atoms with Gasteiger partial charge < -0.3 is 20.1 Å². The van der Waals surface area contributed by atoms with Crippen molar-refractivity contribution in [2.24, 2.45) is 0 Å². The minimum Gasteiger partial charge on any atom is -0.493 e. The molecule has 6 heterocycles. The van der Waals surface area contributed by atoms with Crippen molar-refractivity contribution in [3.05, 3.63) is 118 Å². The van der Waals surface area contributed by atoms with Gasteiger partial charge >= 0.3 is 12.1 Å². The molecule has 0 saturated carbocycles. The number of amides is 6. The Morgan fingerprint density at radius 2 is 0.935 bits per heavy atom. The minimum absolute atomic E-state index is 0.202. The monoisotopic (exact) mass is 832 g/mol. The molecule has 2 spiro atoms.